The molecule has 1 rings (SSSR count). The molecule has 62 valence electrons. The first-order valence-electron chi connectivity index (χ1n) is 3.41. The number of nitro groups is 1. The van der Waals surface area contributed by atoms with Crippen molar-refractivity contribution in [2.75, 3.05) is 0 Å². The molecule has 0 atom stereocenters. The van der Waals surface area contributed by atoms with Gasteiger partial charge in [0.2, 0.25) is 0 Å². The maximum atomic E-state index is 9.93. The largest absolute Gasteiger partial charge is 0.433 e. The monoisotopic (exact) mass is 157 g/mol. The van der Waals surface area contributed by atoms with Gasteiger partial charge in [0.25, 0.3) is 0 Å². The minimum Gasteiger partial charge on any atom is -0.406 e. The van der Waals surface area contributed by atoms with E-state index in [1.165, 1.54) is 6.07 Å². The number of aryl methyl sites for hydroxylation is 1. The third-order valence-corrected chi connectivity index (χ3v) is 0.906. The Kier molecular flexibility index (Phi) is 3.95. The third kappa shape index (κ3) is 2.84. The zero-order valence-corrected chi connectivity index (χ0v) is 6.83. The van der Waals surface area contributed by atoms with Gasteiger partial charge in [0.1, 0.15) is 10.7 Å². The fourth-order valence-electron chi connectivity index (χ4n) is 0.520. The van der Waals surface area contributed by atoms with E-state index < -0.39 is 4.92 Å². The van der Waals surface area contributed by atoms with Crippen LogP contribution in [0, 0.1) is 17.0 Å². The summed E-state index contributed by atoms with van der Waals surface area (Å²) in [6.45, 7) is 5.66. The van der Waals surface area contributed by atoms with Crippen LogP contribution in [-0.4, -0.2) is 4.92 Å². The van der Waals surface area contributed by atoms with Gasteiger partial charge in [-0.2, -0.15) is 0 Å². The van der Waals surface area contributed by atoms with Gasteiger partial charge in [-0.1, -0.05) is 13.8 Å². The molecule has 0 unspecified atom stereocenters. The Bertz CT molecular complexity index is 229. The second-order valence-electron chi connectivity index (χ2n) is 1.64. The molecule has 0 bridgehead atoms. The van der Waals surface area contributed by atoms with E-state index in [2.05, 4.69) is 4.42 Å². The van der Waals surface area contributed by atoms with E-state index in [4.69, 9.17) is 0 Å². The van der Waals surface area contributed by atoms with E-state index in [1.807, 2.05) is 13.8 Å². The molecule has 0 amide bonds. The number of nitrogens with zero attached hydrogens (tertiary/aromatic N) is 1. The second-order valence-corrected chi connectivity index (χ2v) is 1.64. The van der Waals surface area contributed by atoms with Crippen molar-refractivity contribution < 1.29 is 9.34 Å². The maximum absolute atomic E-state index is 9.93. The first-order chi connectivity index (χ1) is 5.20. The summed E-state index contributed by atoms with van der Waals surface area (Å²) in [5, 5.41) is 9.93. The second kappa shape index (κ2) is 4.49. The predicted molar refractivity (Wildman–Crippen MR) is 41.4 cm³/mol. The van der Waals surface area contributed by atoms with Crippen molar-refractivity contribution >= 4 is 5.88 Å². The van der Waals surface area contributed by atoms with Crippen molar-refractivity contribution in [1.29, 1.82) is 0 Å². The average Bonchev–Trinajstić information content (AvgIpc) is 2.40. The highest BCUT2D eigenvalue weighted by atomic mass is 16.6. The Balaban J connectivity index is 0.000000461. The number of furan rings is 1. The van der Waals surface area contributed by atoms with Gasteiger partial charge >= 0.3 is 5.88 Å². The van der Waals surface area contributed by atoms with E-state index >= 15 is 0 Å². The maximum Gasteiger partial charge on any atom is 0.433 e. The first-order valence-corrected chi connectivity index (χ1v) is 3.41. The van der Waals surface area contributed by atoms with Gasteiger partial charge in [-0.25, -0.2) is 0 Å². The summed E-state index contributed by atoms with van der Waals surface area (Å²) in [5.74, 6) is 0.356. The van der Waals surface area contributed by atoms with Crippen LogP contribution in [0.3, 0.4) is 0 Å². The highest BCUT2D eigenvalue weighted by Gasteiger charge is 2.07. The quantitative estimate of drug-likeness (QED) is 0.465. The van der Waals surface area contributed by atoms with Crippen molar-refractivity contribution in [3.8, 4) is 0 Å². The van der Waals surface area contributed by atoms with Crippen LogP contribution in [0.15, 0.2) is 16.5 Å². The van der Waals surface area contributed by atoms with Crippen LogP contribution in [-0.2, 0) is 0 Å². The highest BCUT2D eigenvalue weighted by molar-refractivity contribution is 5.16. The Labute approximate surface area is 65.0 Å². The molecule has 0 saturated carbocycles. The molecular weight excluding hydrogens is 146 g/mol. The van der Waals surface area contributed by atoms with Crippen molar-refractivity contribution in [1.82, 2.24) is 0 Å². The summed E-state index contributed by atoms with van der Waals surface area (Å²) >= 11 is 0. The van der Waals surface area contributed by atoms with Crippen LogP contribution in [0.5, 0.6) is 0 Å². The zero-order chi connectivity index (χ0) is 8.85. The Morgan fingerprint density at radius 2 is 2.00 bits per heavy atom. The van der Waals surface area contributed by atoms with Crippen LogP contribution in [0.25, 0.3) is 0 Å². The molecule has 1 aromatic heterocycles. The summed E-state index contributed by atoms with van der Waals surface area (Å²) in [6.07, 6.45) is 0. The highest BCUT2D eigenvalue weighted by Crippen LogP contribution is 2.13. The molecule has 11 heavy (non-hydrogen) atoms. The predicted octanol–water partition coefficient (Wildman–Crippen LogP) is 2.52. The van der Waals surface area contributed by atoms with E-state index in [9.17, 15) is 10.1 Å². The fraction of sp³-hybridized carbons (Fsp3) is 0.429. The Morgan fingerprint density at radius 3 is 2.18 bits per heavy atom. The van der Waals surface area contributed by atoms with Gasteiger partial charge in [-0.3, -0.25) is 10.1 Å². The van der Waals surface area contributed by atoms with Crippen molar-refractivity contribution in [2.45, 2.75) is 20.8 Å². The lowest BCUT2D eigenvalue weighted by atomic mass is 10.5. The smallest absolute Gasteiger partial charge is 0.406 e. The molecule has 0 aliphatic heterocycles. The van der Waals surface area contributed by atoms with Crippen molar-refractivity contribution in [2.24, 2.45) is 0 Å². The van der Waals surface area contributed by atoms with Crippen LogP contribution in [0.4, 0.5) is 5.88 Å². The number of hydrogen-bond acceptors (Lipinski definition) is 3. The summed E-state index contributed by atoms with van der Waals surface area (Å²) in [7, 11) is 0. The molecule has 0 saturated heterocycles. The van der Waals surface area contributed by atoms with Gasteiger partial charge in [-0.15, -0.1) is 0 Å². The minimum atomic E-state index is -0.562. The molecule has 0 spiro atoms. The lowest BCUT2D eigenvalue weighted by Crippen LogP contribution is -1.82. The molecule has 1 heterocycles. The zero-order valence-electron chi connectivity index (χ0n) is 6.83. The average molecular weight is 157 g/mol. The normalized spacial score (nSPS) is 8.27. The third-order valence-electron chi connectivity index (χ3n) is 0.906. The lowest BCUT2D eigenvalue weighted by Gasteiger charge is -1.79. The number of rotatable bonds is 1. The molecular formula is C7H11NO3. The van der Waals surface area contributed by atoms with Gasteiger partial charge in [-0.05, 0) is 13.0 Å². The van der Waals surface area contributed by atoms with Crippen LogP contribution >= 0.6 is 0 Å². The van der Waals surface area contributed by atoms with E-state index in [1.54, 1.807) is 13.0 Å². The molecule has 4 nitrogen and oxygen atoms in total. The fourth-order valence-corrected chi connectivity index (χ4v) is 0.520. The lowest BCUT2D eigenvalue weighted by molar-refractivity contribution is -0.402. The molecule has 0 radical (unpaired) electrons. The van der Waals surface area contributed by atoms with Crippen LogP contribution < -0.4 is 0 Å². The van der Waals surface area contributed by atoms with E-state index in [0.29, 0.717) is 5.76 Å². The molecule has 4 heteroatoms. The van der Waals surface area contributed by atoms with Gasteiger partial charge < -0.3 is 4.42 Å². The SMILES string of the molecule is CC.Cc1ccc([N+](=O)[O-])o1. The van der Waals surface area contributed by atoms with E-state index in [-0.39, 0.29) is 5.88 Å². The molecule has 0 aromatic carbocycles. The van der Waals surface area contributed by atoms with Gasteiger partial charge in [0, 0.05) is 0 Å². The summed E-state index contributed by atoms with van der Waals surface area (Å²) in [4.78, 5) is 9.36. The minimum absolute atomic E-state index is 0.201. The molecule has 0 aliphatic carbocycles. The Hall–Kier alpha value is -1.32. The summed E-state index contributed by atoms with van der Waals surface area (Å²) < 4.78 is 4.65. The number of hydrogen-bond donors (Lipinski definition) is 0. The van der Waals surface area contributed by atoms with Crippen LogP contribution in [0.1, 0.15) is 19.6 Å². The molecule has 0 fully saturated rings. The summed E-state index contributed by atoms with van der Waals surface area (Å²) in [5.41, 5.74) is 0. The first kappa shape index (κ1) is 9.68. The van der Waals surface area contributed by atoms with Crippen molar-refractivity contribution in [3.63, 3.8) is 0 Å². The topological polar surface area (TPSA) is 56.3 Å². The summed E-state index contributed by atoms with van der Waals surface area (Å²) in [6, 6.07) is 2.88. The standard InChI is InChI=1S/C5H5NO3.C2H6/c1-4-2-3-5(9-4)6(7)8;1-2/h2-3H,1H3;1-2H3. The van der Waals surface area contributed by atoms with Gasteiger partial charge in [0.05, 0.1) is 6.07 Å². The van der Waals surface area contributed by atoms with Crippen molar-refractivity contribution in [3.05, 3.63) is 28.0 Å². The molecule has 1 aromatic rings. The Morgan fingerprint density at radius 1 is 1.45 bits per heavy atom. The van der Waals surface area contributed by atoms with Crippen LogP contribution in [0.2, 0.25) is 0 Å². The molecule has 0 N–H and O–H groups in total. The van der Waals surface area contributed by atoms with E-state index in [0.717, 1.165) is 0 Å². The van der Waals surface area contributed by atoms with Gasteiger partial charge in [0.15, 0.2) is 0 Å². The molecule has 0 aliphatic rings.